The van der Waals surface area contributed by atoms with E-state index in [1.54, 1.807) is 0 Å². The number of rotatable bonds is 1. The Morgan fingerprint density at radius 2 is 1.60 bits per heavy atom. The van der Waals surface area contributed by atoms with Crippen molar-refractivity contribution >= 4 is 0 Å². The van der Waals surface area contributed by atoms with Crippen LogP contribution >= 0.6 is 0 Å². The van der Waals surface area contributed by atoms with E-state index >= 15 is 0 Å². The molecule has 0 aliphatic carbocycles. The quantitative estimate of drug-likeness (QED) is 0.715. The van der Waals surface area contributed by atoms with E-state index in [-0.39, 0.29) is 0 Å². The zero-order valence-corrected chi connectivity index (χ0v) is 10.7. The second-order valence-corrected chi connectivity index (χ2v) is 6.27. The molecule has 0 aromatic rings. The van der Waals surface area contributed by atoms with Gasteiger partial charge in [0.15, 0.2) is 0 Å². The molecule has 0 spiro atoms. The fourth-order valence-corrected chi connectivity index (χ4v) is 3.71. The molecular formula is C13H26N2. The van der Waals surface area contributed by atoms with Crippen LogP contribution in [0.15, 0.2) is 0 Å². The zero-order valence-electron chi connectivity index (χ0n) is 10.7. The highest BCUT2D eigenvalue weighted by Crippen LogP contribution is 2.38. The lowest BCUT2D eigenvalue weighted by Crippen LogP contribution is -2.61. The summed E-state index contributed by atoms with van der Waals surface area (Å²) >= 11 is 0. The van der Waals surface area contributed by atoms with E-state index in [4.69, 9.17) is 0 Å². The minimum Gasteiger partial charge on any atom is -0.317 e. The average Bonchev–Trinajstić information content (AvgIpc) is 2.14. The first kappa shape index (κ1) is 11.4. The van der Waals surface area contributed by atoms with E-state index in [1.807, 2.05) is 0 Å². The summed E-state index contributed by atoms with van der Waals surface area (Å²) in [6.07, 6.45) is 6.96. The summed E-state index contributed by atoms with van der Waals surface area (Å²) in [5.74, 6) is 0. The van der Waals surface area contributed by atoms with Crippen LogP contribution in [0.3, 0.4) is 0 Å². The first-order valence-corrected chi connectivity index (χ1v) is 6.48. The summed E-state index contributed by atoms with van der Waals surface area (Å²) < 4.78 is 0. The first-order chi connectivity index (χ1) is 7.02. The molecule has 2 fully saturated rings. The molecule has 2 atom stereocenters. The van der Waals surface area contributed by atoms with Gasteiger partial charge in [0.25, 0.3) is 0 Å². The number of hydrogen-bond acceptors (Lipinski definition) is 2. The molecular weight excluding hydrogens is 184 g/mol. The molecule has 2 heteroatoms. The van der Waals surface area contributed by atoms with Gasteiger partial charge in [0, 0.05) is 23.7 Å². The normalized spacial score (nSPS) is 38.0. The van der Waals surface area contributed by atoms with Crippen LogP contribution in [0, 0.1) is 0 Å². The number of nitrogens with one attached hydrogen (secondary N) is 1. The molecule has 0 saturated carbocycles. The third-order valence-electron chi connectivity index (χ3n) is 4.16. The maximum atomic E-state index is 3.48. The second-order valence-electron chi connectivity index (χ2n) is 6.27. The summed E-state index contributed by atoms with van der Waals surface area (Å²) in [7, 11) is 2.12. The molecule has 2 saturated heterocycles. The molecule has 2 rings (SSSR count). The predicted molar refractivity (Wildman–Crippen MR) is 65.1 cm³/mol. The molecule has 0 amide bonds. The lowest BCUT2D eigenvalue weighted by atomic mass is 9.78. The van der Waals surface area contributed by atoms with Crippen molar-refractivity contribution in [3.8, 4) is 0 Å². The predicted octanol–water partition coefficient (Wildman–Crippen LogP) is 2.39. The van der Waals surface area contributed by atoms with E-state index in [0.717, 1.165) is 18.1 Å². The Morgan fingerprint density at radius 3 is 2.00 bits per heavy atom. The Kier molecular flexibility index (Phi) is 3.09. The largest absolute Gasteiger partial charge is 0.317 e. The summed E-state index contributed by atoms with van der Waals surface area (Å²) in [6.45, 7) is 7.12. The molecule has 0 radical (unpaired) electrons. The van der Waals surface area contributed by atoms with Gasteiger partial charge in [-0.25, -0.2) is 0 Å². The van der Waals surface area contributed by atoms with E-state index < -0.39 is 0 Å². The molecule has 2 heterocycles. The summed E-state index contributed by atoms with van der Waals surface area (Å²) in [6, 6.07) is 2.42. The number of fused-ring (bicyclic) bond motifs is 2. The van der Waals surface area contributed by atoms with Crippen LogP contribution in [0.25, 0.3) is 0 Å². The lowest BCUT2D eigenvalue weighted by Gasteiger charge is -2.54. The van der Waals surface area contributed by atoms with Crippen LogP contribution < -0.4 is 5.32 Å². The van der Waals surface area contributed by atoms with Gasteiger partial charge in [0.05, 0.1) is 0 Å². The third-order valence-corrected chi connectivity index (χ3v) is 4.16. The van der Waals surface area contributed by atoms with Gasteiger partial charge in [-0.3, -0.25) is 4.90 Å². The maximum absolute atomic E-state index is 3.48. The van der Waals surface area contributed by atoms with Crippen molar-refractivity contribution in [1.29, 1.82) is 0 Å². The number of piperidine rings is 2. The van der Waals surface area contributed by atoms with Crippen LogP contribution in [0.2, 0.25) is 0 Å². The van der Waals surface area contributed by atoms with Gasteiger partial charge in [-0.15, -0.1) is 0 Å². The fraction of sp³-hybridized carbons (Fsp3) is 1.00. The number of nitrogens with zero attached hydrogens (tertiary/aromatic N) is 1. The van der Waals surface area contributed by atoms with Crippen molar-refractivity contribution in [2.24, 2.45) is 0 Å². The van der Waals surface area contributed by atoms with E-state index in [0.29, 0.717) is 5.54 Å². The van der Waals surface area contributed by atoms with Crippen LogP contribution in [0.4, 0.5) is 0 Å². The Hall–Kier alpha value is -0.0800. The molecule has 2 nitrogen and oxygen atoms in total. The molecule has 88 valence electrons. The van der Waals surface area contributed by atoms with Crippen molar-refractivity contribution in [3.05, 3.63) is 0 Å². The highest BCUT2D eigenvalue weighted by Gasteiger charge is 2.42. The highest BCUT2D eigenvalue weighted by molar-refractivity contribution is 4.99. The van der Waals surface area contributed by atoms with E-state index in [2.05, 4.69) is 38.0 Å². The fourth-order valence-electron chi connectivity index (χ4n) is 3.71. The van der Waals surface area contributed by atoms with Crippen LogP contribution in [0.1, 0.15) is 52.9 Å². The molecule has 2 aliphatic rings. The van der Waals surface area contributed by atoms with E-state index in [9.17, 15) is 0 Å². The Balaban J connectivity index is 2.13. The highest BCUT2D eigenvalue weighted by atomic mass is 15.3. The van der Waals surface area contributed by atoms with E-state index in [1.165, 1.54) is 32.1 Å². The molecule has 2 unspecified atom stereocenters. The molecule has 1 N–H and O–H groups in total. The average molecular weight is 210 g/mol. The first-order valence-electron chi connectivity index (χ1n) is 6.48. The minimum absolute atomic E-state index is 0.356. The van der Waals surface area contributed by atoms with Gasteiger partial charge in [-0.2, -0.15) is 0 Å². The van der Waals surface area contributed by atoms with Gasteiger partial charge in [0.1, 0.15) is 0 Å². The lowest BCUT2D eigenvalue weighted by molar-refractivity contribution is -0.0395. The summed E-state index contributed by atoms with van der Waals surface area (Å²) in [5.41, 5.74) is 0.356. The second kappa shape index (κ2) is 4.06. The minimum atomic E-state index is 0.356. The standard InChI is InChI=1S/C13H26N2/c1-13(2,3)15-11-6-5-7-12(15)9-10(8-11)14-4/h10-12,14H,5-9H2,1-4H3. The third kappa shape index (κ3) is 2.21. The zero-order chi connectivity index (χ0) is 11.1. The smallest absolute Gasteiger partial charge is 0.0130 e. The van der Waals surface area contributed by atoms with Crippen LogP contribution in [-0.2, 0) is 0 Å². The summed E-state index contributed by atoms with van der Waals surface area (Å²) in [4.78, 5) is 2.80. The van der Waals surface area contributed by atoms with Crippen molar-refractivity contribution in [2.45, 2.75) is 76.5 Å². The molecule has 2 bridgehead atoms. The maximum Gasteiger partial charge on any atom is 0.0130 e. The molecule has 0 aromatic heterocycles. The Morgan fingerprint density at radius 1 is 1.07 bits per heavy atom. The van der Waals surface area contributed by atoms with Crippen molar-refractivity contribution in [2.75, 3.05) is 7.05 Å². The Labute approximate surface area is 94.4 Å². The van der Waals surface area contributed by atoms with Crippen molar-refractivity contribution in [3.63, 3.8) is 0 Å². The van der Waals surface area contributed by atoms with Gasteiger partial charge in [0.2, 0.25) is 0 Å². The van der Waals surface area contributed by atoms with Crippen LogP contribution in [-0.4, -0.2) is 35.6 Å². The summed E-state index contributed by atoms with van der Waals surface area (Å²) in [5, 5.41) is 3.48. The van der Waals surface area contributed by atoms with Gasteiger partial charge in [-0.05, 0) is 53.5 Å². The van der Waals surface area contributed by atoms with Gasteiger partial charge < -0.3 is 5.32 Å². The number of hydrogen-bond donors (Lipinski definition) is 1. The molecule has 0 aromatic carbocycles. The SMILES string of the molecule is CNC1CC2CCCC(C1)N2C(C)(C)C. The molecule has 15 heavy (non-hydrogen) atoms. The molecule has 2 aliphatic heterocycles. The topological polar surface area (TPSA) is 15.3 Å². The van der Waals surface area contributed by atoms with Crippen LogP contribution in [0.5, 0.6) is 0 Å². The monoisotopic (exact) mass is 210 g/mol. The van der Waals surface area contributed by atoms with Crippen molar-refractivity contribution < 1.29 is 0 Å². The Bertz CT molecular complexity index is 205. The van der Waals surface area contributed by atoms with Gasteiger partial charge >= 0.3 is 0 Å². The van der Waals surface area contributed by atoms with Crippen molar-refractivity contribution in [1.82, 2.24) is 10.2 Å². The van der Waals surface area contributed by atoms with Gasteiger partial charge in [-0.1, -0.05) is 6.42 Å².